The summed E-state index contributed by atoms with van der Waals surface area (Å²) in [6, 6.07) is 15.1. The number of nitrogens with zero attached hydrogens (tertiary/aromatic N) is 2. The molecule has 1 aliphatic heterocycles. The van der Waals surface area contributed by atoms with Crippen LogP contribution in [0.3, 0.4) is 0 Å². The highest BCUT2D eigenvalue weighted by Crippen LogP contribution is 2.33. The average Bonchev–Trinajstić information content (AvgIpc) is 3.18. The smallest absolute Gasteiger partial charge is 0.338 e. The number of carbonyl (C=O) groups excluding carboxylic acids is 1. The van der Waals surface area contributed by atoms with Gasteiger partial charge >= 0.3 is 5.97 Å². The molecule has 0 aliphatic carbocycles. The first kappa shape index (κ1) is 25.6. The van der Waals surface area contributed by atoms with Gasteiger partial charge in [0.15, 0.2) is 4.80 Å². The van der Waals surface area contributed by atoms with Gasteiger partial charge in [0.05, 0.1) is 35.6 Å². The van der Waals surface area contributed by atoms with E-state index in [4.69, 9.17) is 14.5 Å². The lowest BCUT2D eigenvalue weighted by Crippen LogP contribution is -2.40. The first-order valence-corrected chi connectivity index (χ1v) is 13.1. The van der Waals surface area contributed by atoms with Crippen LogP contribution in [0.2, 0.25) is 0 Å². The third-order valence-electron chi connectivity index (χ3n) is 6.20. The molecular formula is C29H32N2O4S. The van der Waals surface area contributed by atoms with E-state index in [1.165, 1.54) is 16.9 Å². The summed E-state index contributed by atoms with van der Waals surface area (Å²) in [7, 11) is 1.61. The fourth-order valence-electron chi connectivity index (χ4n) is 4.38. The van der Waals surface area contributed by atoms with Crippen molar-refractivity contribution < 1.29 is 14.3 Å². The van der Waals surface area contributed by atoms with Crippen LogP contribution in [0.1, 0.15) is 69.2 Å². The monoisotopic (exact) mass is 504 g/mol. The van der Waals surface area contributed by atoms with E-state index in [1.807, 2.05) is 42.5 Å². The molecular weight excluding hydrogens is 472 g/mol. The number of benzene rings is 2. The van der Waals surface area contributed by atoms with Gasteiger partial charge in [-0.1, -0.05) is 74.9 Å². The summed E-state index contributed by atoms with van der Waals surface area (Å²) in [5.74, 6) is 0.666. The number of aromatic nitrogens is 1. The predicted octanol–water partition coefficient (Wildman–Crippen LogP) is 4.71. The molecule has 188 valence electrons. The van der Waals surface area contributed by atoms with E-state index in [-0.39, 0.29) is 12.2 Å². The zero-order valence-electron chi connectivity index (χ0n) is 21.4. The molecule has 7 heteroatoms. The Hall–Kier alpha value is -3.45. The van der Waals surface area contributed by atoms with E-state index < -0.39 is 12.0 Å². The van der Waals surface area contributed by atoms with Crippen LogP contribution in [0.15, 0.2) is 69.6 Å². The molecule has 0 N–H and O–H groups in total. The molecule has 3 aromatic rings. The van der Waals surface area contributed by atoms with Gasteiger partial charge in [-0.05, 0) is 54.2 Å². The summed E-state index contributed by atoms with van der Waals surface area (Å²) in [4.78, 5) is 32.5. The minimum absolute atomic E-state index is 0.183. The first-order valence-electron chi connectivity index (χ1n) is 12.3. The van der Waals surface area contributed by atoms with Crippen LogP contribution < -0.4 is 19.6 Å². The highest BCUT2D eigenvalue weighted by atomic mass is 32.1. The van der Waals surface area contributed by atoms with Gasteiger partial charge in [-0.25, -0.2) is 9.79 Å². The van der Waals surface area contributed by atoms with E-state index >= 15 is 0 Å². The molecule has 1 aromatic heterocycles. The zero-order chi connectivity index (χ0) is 25.8. The maximum Gasteiger partial charge on any atom is 0.338 e. The van der Waals surface area contributed by atoms with Crippen molar-refractivity contribution in [3.63, 3.8) is 0 Å². The van der Waals surface area contributed by atoms with Crippen molar-refractivity contribution in [2.75, 3.05) is 13.7 Å². The van der Waals surface area contributed by atoms with Crippen molar-refractivity contribution in [2.45, 2.75) is 52.5 Å². The second-order valence-corrected chi connectivity index (χ2v) is 10.0. The first-order chi connectivity index (χ1) is 17.4. The fraction of sp³-hybridized carbons (Fsp3) is 0.345. The van der Waals surface area contributed by atoms with Gasteiger partial charge in [-0.15, -0.1) is 0 Å². The highest BCUT2D eigenvalue weighted by Gasteiger charge is 2.34. The van der Waals surface area contributed by atoms with E-state index in [9.17, 15) is 9.59 Å². The number of ether oxygens (including phenoxy) is 2. The molecule has 2 aromatic carbocycles. The number of carbonyl (C=O) groups is 1. The molecule has 0 fully saturated rings. The number of methoxy groups -OCH3 is 1. The molecule has 0 unspecified atom stereocenters. The maximum atomic E-state index is 13.8. The van der Waals surface area contributed by atoms with Gasteiger partial charge in [0.2, 0.25) is 0 Å². The molecule has 0 saturated heterocycles. The van der Waals surface area contributed by atoms with Crippen LogP contribution in [-0.4, -0.2) is 24.3 Å². The molecule has 4 rings (SSSR count). The molecule has 2 heterocycles. The van der Waals surface area contributed by atoms with Crippen molar-refractivity contribution >= 4 is 23.4 Å². The summed E-state index contributed by atoms with van der Waals surface area (Å²) in [6.07, 6.45) is 3.29. The Kier molecular flexibility index (Phi) is 7.89. The van der Waals surface area contributed by atoms with Crippen LogP contribution in [0.4, 0.5) is 0 Å². The third-order valence-corrected chi connectivity index (χ3v) is 7.19. The molecule has 0 spiro atoms. The second kappa shape index (κ2) is 11.1. The minimum Gasteiger partial charge on any atom is -0.497 e. The van der Waals surface area contributed by atoms with Crippen LogP contribution in [0.5, 0.6) is 5.75 Å². The van der Waals surface area contributed by atoms with E-state index in [1.54, 1.807) is 18.6 Å². The summed E-state index contributed by atoms with van der Waals surface area (Å²) in [5.41, 5.74) is 3.85. The lowest BCUT2D eigenvalue weighted by molar-refractivity contribution is -0.139. The molecule has 6 nitrogen and oxygen atoms in total. The Morgan fingerprint density at radius 2 is 1.92 bits per heavy atom. The predicted molar refractivity (Wildman–Crippen MR) is 143 cm³/mol. The molecule has 1 atom stereocenters. The number of rotatable bonds is 8. The summed E-state index contributed by atoms with van der Waals surface area (Å²) < 4.78 is 13.0. The molecule has 0 radical (unpaired) electrons. The molecule has 0 saturated carbocycles. The molecule has 0 amide bonds. The van der Waals surface area contributed by atoms with Crippen molar-refractivity contribution in [3.05, 3.63) is 96.2 Å². The molecule has 1 aliphatic rings. The molecule has 36 heavy (non-hydrogen) atoms. The largest absolute Gasteiger partial charge is 0.497 e. The third kappa shape index (κ3) is 5.07. The fourth-order valence-corrected chi connectivity index (χ4v) is 5.40. The minimum atomic E-state index is -0.601. The Balaban J connectivity index is 1.96. The summed E-state index contributed by atoms with van der Waals surface area (Å²) in [6.45, 7) is 8.37. The average molecular weight is 505 g/mol. The van der Waals surface area contributed by atoms with Crippen molar-refractivity contribution in [2.24, 2.45) is 4.99 Å². The Morgan fingerprint density at radius 1 is 1.17 bits per heavy atom. The second-order valence-electron chi connectivity index (χ2n) is 9.01. The van der Waals surface area contributed by atoms with Gasteiger partial charge in [-0.3, -0.25) is 9.36 Å². The zero-order valence-corrected chi connectivity index (χ0v) is 22.2. The van der Waals surface area contributed by atoms with Gasteiger partial charge in [0.25, 0.3) is 5.56 Å². The quantitative estimate of drug-likeness (QED) is 0.417. The van der Waals surface area contributed by atoms with Gasteiger partial charge < -0.3 is 9.47 Å². The normalized spacial score (nSPS) is 15.6. The SMILES string of the molecule is CCCC1=C(C(=O)OCC)[C@@H](c2ccc(C(C)C)cc2)n2c(s/c(=C/c3cccc(OC)c3)c2=O)=N1. The Bertz CT molecular complexity index is 1460. The van der Waals surface area contributed by atoms with Crippen molar-refractivity contribution in [1.82, 2.24) is 4.57 Å². The Morgan fingerprint density at radius 3 is 2.56 bits per heavy atom. The van der Waals surface area contributed by atoms with Crippen LogP contribution in [0.25, 0.3) is 6.08 Å². The number of allylic oxidation sites excluding steroid dienone is 1. The number of hydrogen-bond acceptors (Lipinski definition) is 6. The highest BCUT2D eigenvalue weighted by molar-refractivity contribution is 7.07. The van der Waals surface area contributed by atoms with Crippen LogP contribution >= 0.6 is 11.3 Å². The standard InChI is InChI=1S/C29H32N2O4S/c1-6-9-23-25(28(33)35-7-2)26(21-14-12-20(13-15-21)18(3)4)31-27(32)24(36-29(31)30-23)17-19-10-8-11-22(16-19)34-5/h8,10-18,26H,6-7,9H2,1-5H3/b24-17+/t26-/m1/s1. The maximum absolute atomic E-state index is 13.8. The Labute approximate surface area is 215 Å². The van der Waals surface area contributed by atoms with Gasteiger partial charge in [0, 0.05) is 0 Å². The van der Waals surface area contributed by atoms with Crippen molar-refractivity contribution in [1.29, 1.82) is 0 Å². The number of thiazole rings is 1. The number of esters is 1. The van der Waals surface area contributed by atoms with Crippen LogP contribution in [0, 0.1) is 0 Å². The van der Waals surface area contributed by atoms with Crippen LogP contribution in [-0.2, 0) is 9.53 Å². The van der Waals surface area contributed by atoms with E-state index in [0.717, 1.165) is 23.3 Å². The van der Waals surface area contributed by atoms with E-state index in [2.05, 4.69) is 32.9 Å². The lowest BCUT2D eigenvalue weighted by atomic mass is 9.92. The topological polar surface area (TPSA) is 69.9 Å². The number of hydrogen-bond donors (Lipinski definition) is 0. The lowest BCUT2D eigenvalue weighted by Gasteiger charge is -2.26. The van der Waals surface area contributed by atoms with Crippen molar-refractivity contribution in [3.8, 4) is 5.75 Å². The summed E-state index contributed by atoms with van der Waals surface area (Å²) >= 11 is 1.33. The van der Waals surface area contributed by atoms with E-state index in [0.29, 0.717) is 32.9 Å². The number of fused-ring (bicyclic) bond motifs is 1. The summed E-state index contributed by atoms with van der Waals surface area (Å²) in [5, 5.41) is 0. The molecule has 0 bridgehead atoms. The van der Waals surface area contributed by atoms with Gasteiger partial charge in [0.1, 0.15) is 5.75 Å². The van der Waals surface area contributed by atoms with Gasteiger partial charge in [-0.2, -0.15) is 0 Å².